The number of nitrogens with zero attached hydrogens (tertiary/aromatic N) is 3. The lowest BCUT2D eigenvalue weighted by molar-refractivity contribution is -0.137. The largest absolute Gasteiger partial charge is 0.332 e. The molecular weight excluding hydrogens is 407 g/mol. The summed E-state index contributed by atoms with van der Waals surface area (Å²) in [5, 5.41) is 0. The summed E-state index contributed by atoms with van der Waals surface area (Å²) in [7, 11) is 0. The fourth-order valence-electron chi connectivity index (χ4n) is 5.56. The predicted octanol–water partition coefficient (Wildman–Crippen LogP) is 3.71. The average Bonchev–Trinajstić information content (AvgIpc) is 3.31. The Bertz CT molecular complexity index is 1050. The van der Waals surface area contributed by atoms with Crippen LogP contribution in [0.1, 0.15) is 73.6 Å². The van der Waals surface area contributed by atoms with Crippen molar-refractivity contribution in [1.29, 1.82) is 0 Å². The summed E-state index contributed by atoms with van der Waals surface area (Å²) < 4.78 is 14.0. The molecule has 0 bridgehead atoms. The highest BCUT2D eigenvalue weighted by Gasteiger charge is 2.36. The molecule has 1 aromatic heterocycles. The summed E-state index contributed by atoms with van der Waals surface area (Å²) in [6, 6.07) is 6.65. The number of aromatic nitrogens is 2. The van der Waals surface area contributed by atoms with Gasteiger partial charge in [-0.05, 0) is 31.7 Å². The van der Waals surface area contributed by atoms with Gasteiger partial charge in [0.05, 0.1) is 17.3 Å². The third-order valence-corrected chi connectivity index (χ3v) is 7.32. The van der Waals surface area contributed by atoms with Gasteiger partial charge in [-0.3, -0.25) is 14.5 Å². The monoisotopic (exact) mass is 438 g/mol. The molecule has 0 spiro atoms. The van der Waals surface area contributed by atoms with E-state index in [9.17, 15) is 14.0 Å². The van der Waals surface area contributed by atoms with Crippen molar-refractivity contribution < 1.29 is 9.18 Å². The van der Waals surface area contributed by atoms with Gasteiger partial charge in [-0.15, -0.1) is 0 Å². The maximum absolute atomic E-state index is 14.0. The van der Waals surface area contributed by atoms with Crippen LogP contribution in [-0.2, 0) is 24.3 Å². The summed E-state index contributed by atoms with van der Waals surface area (Å²) in [6.45, 7) is 2.41. The van der Waals surface area contributed by atoms with E-state index >= 15 is 0 Å². The second-order valence-electron chi connectivity index (χ2n) is 9.45. The second kappa shape index (κ2) is 9.14. The number of halogens is 1. The van der Waals surface area contributed by atoms with E-state index in [1.807, 2.05) is 11.0 Å². The first-order valence-electron chi connectivity index (χ1n) is 12.0. The molecule has 1 N–H and O–H groups in total. The van der Waals surface area contributed by atoms with Crippen molar-refractivity contribution >= 4 is 5.91 Å². The third kappa shape index (κ3) is 4.22. The number of carbonyl (C=O) groups is 1. The van der Waals surface area contributed by atoms with Gasteiger partial charge in [-0.2, -0.15) is 0 Å². The number of likely N-dealkylation sites (tertiary alicyclic amines) is 1. The molecule has 1 saturated carbocycles. The predicted molar refractivity (Wildman–Crippen MR) is 119 cm³/mol. The Morgan fingerprint density at radius 3 is 2.72 bits per heavy atom. The molecule has 2 aliphatic heterocycles. The lowest BCUT2D eigenvalue weighted by Crippen LogP contribution is -2.39. The molecule has 1 saturated heterocycles. The Morgan fingerprint density at radius 2 is 1.91 bits per heavy atom. The summed E-state index contributed by atoms with van der Waals surface area (Å²) in [6.07, 6.45) is 7.89. The minimum absolute atomic E-state index is 0.125. The molecule has 0 radical (unpaired) electrons. The van der Waals surface area contributed by atoms with Crippen molar-refractivity contribution in [3.63, 3.8) is 0 Å². The SMILES string of the molecule is O=C(C1CCCCC1)N1CCC[C@@H]1c1nc2c(c(=O)[nH]1)CN(Cc1ccccc1F)CC2. The standard InChI is InChI=1S/C25H31FN4O2/c26-20-10-5-4-9-18(20)15-29-14-12-21-19(16-29)24(31)28-23(27-21)22-11-6-13-30(22)25(32)17-7-2-1-3-8-17/h4-5,9-10,17,22H,1-3,6-8,11-16H2,(H,27,28,31)/t22-/m1/s1. The van der Waals surface area contributed by atoms with E-state index in [1.54, 1.807) is 12.1 Å². The molecule has 32 heavy (non-hydrogen) atoms. The number of amides is 1. The van der Waals surface area contributed by atoms with Crippen molar-refractivity contribution in [3.8, 4) is 0 Å². The average molecular weight is 439 g/mol. The Morgan fingerprint density at radius 1 is 1.09 bits per heavy atom. The first-order valence-corrected chi connectivity index (χ1v) is 12.0. The van der Waals surface area contributed by atoms with Crippen LogP contribution in [-0.4, -0.2) is 38.8 Å². The number of carbonyl (C=O) groups excluding carboxylic acids is 1. The zero-order chi connectivity index (χ0) is 22.1. The summed E-state index contributed by atoms with van der Waals surface area (Å²) >= 11 is 0. The number of H-pyrrole nitrogens is 1. The van der Waals surface area contributed by atoms with E-state index < -0.39 is 0 Å². The minimum Gasteiger partial charge on any atom is -0.332 e. The summed E-state index contributed by atoms with van der Waals surface area (Å²) in [4.78, 5) is 38.1. The van der Waals surface area contributed by atoms with Gasteiger partial charge in [0.2, 0.25) is 5.91 Å². The number of fused-ring (bicyclic) bond motifs is 1. The number of aromatic amines is 1. The molecule has 3 aliphatic rings. The first kappa shape index (κ1) is 21.3. The van der Waals surface area contributed by atoms with Crippen molar-refractivity contribution in [2.24, 2.45) is 5.92 Å². The van der Waals surface area contributed by atoms with Crippen molar-refractivity contribution in [2.75, 3.05) is 13.1 Å². The molecule has 0 unspecified atom stereocenters. The van der Waals surface area contributed by atoms with Crippen LogP contribution < -0.4 is 5.56 Å². The van der Waals surface area contributed by atoms with E-state index in [0.29, 0.717) is 36.5 Å². The van der Waals surface area contributed by atoms with Crippen LogP contribution in [0.5, 0.6) is 0 Å². The smallest absolute Gasteiger partial charge is 0.255 e. The fraction of sp³-hybridized carbons (Fsp3) is 0.560. The van der Waals surface area contributed by atoms with Gasteiger partial charge < -0.3 is 9.88 Å². The van der Waals surface area contributed by atoms with Crippen molar-refractivity contribution in [3.05, 3.63) is 63.1 Å². The molecule has 1 atom stereocenters. The molecule has 5 rings (SSSR count). The number of rotatable bonds is 4. The highest BCUT2D eigenvalue weighted by Crippen LogP contribution is 2.34. The van der Waals surface area contributed by atoms with Gasteiger partial charge in [0.15, 0.2) is 0 Å². The summed E-state index contributed by atoms with van der Waals surface area (Å²) in [5.41, 5.74) is 2.00. The van der Waals surface area contributed by atoms with Crippen LogP contribution in [0, 0.1) is 11.7 Å². The molecule has 2 fully saturated rings. The van der Waals surface area contributed by atoms with E-state index in [-0.39, 0.29) is 29.2 Å². The third-order valence-electron chi connectivity index (χ3n) is 7.32. The maximum Gasteiger partial charge on any atom is 0.255 e. The molecular formula is C25H31FN4O2. The van der Waals surface area contributed by atoms with Gasteiger partial charge in [0, 0.05) is 44.1 Å². The van der Waals surface area contributed by atoms with E-state index in [4.69, 9.17) is 4.98 Å². The van der Waals surface area contributed by atoms with Gasteiger partial charge >= 0.3 is 0 Å². The first-order chi connectivity index (χ1) is 15.6. The quantitative estimate of drug-likeness (QED) is 0.790. The molecule has 3 heterocycles. The molecule has 1 aliphatic carbocycles. The number of hydrogen-bond donors (Lipinski definition) is 1. The zero-order valence-electron chi connectivity index (χ0n) is 18.5. The van der Waals surface area contributed by atoms with E-state index in [1.165, 1.54) is 12.5 Å². The lowest BCUT2D eigenvalue weighted by Gasteiger charge is -2.31. The Kier molecular flexibility index (Phi) is 6.09. The van der Waals surface area contributed by atoms with E-state index in [0.717, 1.165) is 57.3 Å². The van der Waals surface area contributed by atoms with E-state index in [2.05, 4.69) is 9.88 Å². The zero-order valence-corrected chi connectivity index (χ0v) is 18.5. The maximum atomic E-state index is 14.0. The second-order valence-corrected chi connectivity index (χ2v) is 9.45. The Balaban J connectivity index is 1.33. The fourth-order valence-corrected chi connectivity index (χ4v) is 5.56. The van der Waals surface area contributed by atoms with Crippen molar-refractivity contribution in [2.45, 2.75) is 70.5 Å². The molecule has 2 aromatic rings. The number of benzene rings is 1. The van der Waals surface area contributed by atoms with Gasteiger partial charge in [0.1, 0.15) is 11.6 Å². The number of hydrogen-bond acceptors (Lipinski definition) is 4. The molecule has 170 valence electrons. The topological polar surface area (TPSA) is 69.3 Å². The van der Waals surface area contributed by atoms with Gasteiger partial charge in [-0.1, -0.05) is 37.5 Å². The Hall–Kier alpha value is -2.54. The molecule has 1 amide bonds. The van der Waals surface area contributed by atoms with Crippen LogP contribution in [0.2, 0.25) is 0 Å². The highest BCUT2D eigenvalue weighted by atomic mass is 19.1. The number of nitrogens with one attached hydrogen (secondary N) is 1. The van der Waals surface area contributed by atoms with Gasteiger partial charge in [0.25, 0.3) is 5.56 Å². The molecule has 7 heteroatoms. The van der Waals surface area contributed by atoms with Crippen LogP contribution in [0.25, 0.3) is 0 Å². The highest BCUT2D eigenvalue weighted by molar-refractivity contribution is 5.79. The molecule has 1 aromatic carbocycles. The summed E-state index contributed by atoms with van der Waals surface area (Å²) in [5.74, 6) is 0.784. The van der Waals surface area contributed by atoms with Crippen molar-refractivity contribution in [1.82, 2.24) is 19.8 Å². The Labute approximate surface area is 187 Å². The minimum atomic E-state index is -0.218. The van der Waals surface area contributed by atoms with Crippen LogP contribution in [0.4, 0.5) is 4.39 Å². The van der Waals surface area contributed by atoms with Crippen LogP contribution in [0.15, 0.2) is 29.1 Å². The van der Waals surface area contributed by atoms with Crippen LogP contribution in [0.3, 0.4) is 0 Å². The van der Waals surface area contributed by atoms with Crippen LogP contribution >= 0.6 is 0 Å². The lowest BCUT2D eigenvalue weighted by atomic mass is 9.88. The van der Waals surface area contributed by atoms with Gasteiger partial charge in [-0.25, -0.2) is 9.37 Å². The molecule has 6 nitrogen and oxygen atoms in total. The normalized spacial score (nSPS) is 22.2.